The number of hydrogen-bond acceptors (Lipinski definition) is 2. The molecule has 3 aromatic rings. The summed E-state index contributed by atoms with van der Waals surface area (Å²) in [7, 11) is 0. The predicted octanol–water partition coefficient (Wildman–Crippen LogP) is 4.46. The van der Waals surface area contributed by atoms with E-state index in [1.165, 1.54) is 6.07 Å². The number of rotatable bonds is 1. The van der Waals surface area contributed by atoms with Crippen LogP contribution < -0.4 is 0 Å². The van der Waals surface area contributed by atoms with Crippen LogP contribution in [0.3, 0.4) is 0 Å². The van der Waals surface area contributed by atoms with Crippen LogP contribution in [0.1, 0.15) is 5.56 Å². The Bertz CT molecular complexity index is 920. The number of imidazole rings is 1. The maximum absolute atomic E-state index is 13.6. The molecule has 98 valence electrons. The van der Waals surface area contributed by atoms with E-state index in [4.69, 9.17) is 17.5 Å². The first-order valence-corrected chi connectivity index (χ1v) is 6.90. The fraction of sp³-hybridized carbons (Fsp3) is 0. The summed E-state index contributed by atoms with van der Waals surface area (Å²) in [5.41, 5.74) is 2.66. The Hall–Kier alpha value is -1.97. The van der Waals surface area contributed by atoms with Crippen molar-refractivity contribution in [1.82, 2.24) is 9.55 Å². The molecule has 1 aromatic heterocycles. The molecule has 3 rings (SSSR count). The van der Waals surface area contributed by atoms with Crippen molar-refractivity contribution in [1.29, 1.82) is 5.26 Å². The summed E-state index contributed by atoms with van der Waals surface area (Å²) >= 11 is 8.46. The lowest BCUT2D eigenvalue weighted by molar-refractivity contribution is 0.623. The minimum Gasteiger partial charge on any atom is -0.330 e. The molecule has 0 fully saturated rings. The standard InChI is InChI=1S/C14H7BrFN3S/c15-10-5-13-12(6-11(10)16)18-14(20)19(13)9-3-1-2-8(4-9)7-17/h1-6H,(H,18,20). The highest BCUT2D eigenvalue weighted by Gasteiger charge is 2.10. The van der Waals surface area contributed by atoms with Crippen LogP contribution in [0.15, 0.2) is 40.9 Å². The van der Waals surface area contributed by atoms with Gasteiger partial charge in [-0.3, -0.25) is 4.57 Å². The minimum atomic E-state index is -0.355. The number of hydrogen-bond donors (Lipinski definition) is 1. The molecule has 0 unspecified atom stereocenters. The second kappa shape index (κ2) is 4.85. The van der Waals surface area contributed by atoms with Crippen molar-refractivity contribution in [3.8, 4) is 11.8 Å². The van der Waals surface area contributed by atoms with Crippen molar-refractivity contribution >= 4 is 39.2 Å². The Labute approximate surface area is 127 Å². The first-order valence-electron chi connectivity index (χ1n) is 5.70. The Morgan fingerprint density at radius 3 is 2.85 bits per heavy atom. The number of nitrogens with one attached hydrogen (secondary N) is 1. The van der Waals surface area contributed by atoms with Gasteiger partial charge in [0.2, 0.25) is 0 Å². The average Bonchev–Trinajstić information content (AvgIpc) is 2.74. The number of nitrogens with zero attached hydrogens (tertiary/aromatic N) is 2. The molecule has 0 spiro atoms. The normalized spacial score (nSPS) is 10.7. The van der Waals surface area contributed by atoms with Gasteiger partial charge in [-0.25, -0.2) is 4.39 Å². The van der Waals surface area contributed by atoms with E-state index in [-0.39, 0.29) is 5.82 Å². The molecule has 2 aromatic carbocycles. The van der Waals surface area contributed by atoms with Gasteiger partial charge in [-0.05, 0) is 52.4 Å². The van der Waals surface area contributed by atoms with Gasteiger partial charge in [0, 0.05) is 11.8 Å². The van der Waals surface area contributed by atoms with Crippen LogP contribution in [0.2, 0.25) is 0 Å². The van der Waals surface area contributed by atoms with Crippen molar-refractivity contribution in [2.75, 3.05) is 0 Å². The fourth-order valence-corrected chi connectivity index (χ4v) is 2.72. The van der Waals surface area contributed by atoms with E-state index in [9.17, 15) is 4.39 Å². The molecule has 0 saturated carbocycles. The van der Waals surface area contributed by atoms with E-state index in [2.05, 4.69) is 27.0 Å². The van der Waals surface area contributed by atoms with Gasteiger partial charge in [0.05, 0.1) is 27.1 Å². The van der Waals surface area contributed by atoms with E-state index in [0.29, 0.717) is 20.3 Å². The molecule has 0 aliphatic rings. The molecule has 0 aliphatic carbocycles. The number of aromatic nitrogens is 2. The topological polar surface area (TPSA) is 44.5 Å². The second-order valence-electron chi connectivity index (χ2n) is 4.21. The number of benzene rings is 2. The van der Waals surface area contributed by atoms with Gasteiger partial charge >= 0.3 is 0 Å². The van der Waals surface area contributed by atoms with Crippen LogP contribution >= 0.6 is 28.1 Å². The maximum Gasteiger partial charge on any atom is 0.182 e. The Morgan fingerprint density at radius 2 is 2.10 bits per heavy atom. The zero-order chi connectivity index (χ0) is 14.3. The molecule has 0 amide bonds. The smallest absolute Gasteiger partial charge is 0.182 e. The quantitative estimate of drug-likeness (QED) is 0.660. The zero-order valence-electron chi connectivity index (χ0n) is 10.0. The highest BCUT2D eigenvalue weighted by Crippen LogP contribution is 2.26. The number of halogens is 2. The first-order chi connectivity index (χ1) is 9.60. The number of aromatic amines is 1. The zero-order valence-corrected chi connectivity index (χ0v) is 12.4. The van der Waals surface area contributed by atoms with Crippen LogP contribution in [0.25, 0.3) is 16.7 Å². The van der Waals surface area contributed by atoms with E-state index >= 15 is 0 Å². The van der Waals surface area contributed by atoms with Crippen LogP contribution in [0.5, 0.6) is 0 Å². The number of fused-ring (bicyclic) bond motifs is 1. The molecule has 0 saturated heterocycles. The monoisotopic (exact) mass is 347 g/mol. The highest BCUT2D eigenvalue weighted by molar-refractivity contribution is 9.10. The summed E-state index contributed by atoms with van der Waals surface area (Å²) in [6.07, 6.45) is 0. The highest BCUT2D eigenvalue weighted by atomic mass is 79.9. The Balaban J connectivity index is 2.36. The van der Waals surface area contributed by atoms with Crippen molar-refractivity contribution in [2.24, 2.45) is 0 Å². The molecule has 1 heterocycles. The summed E-state index contributed by atoms with van der Waals surface area (Å²) in [4.78, 5) is 2.97. The molecule has 0 radical (unpaired) electrons. The molecule has 3 nitrogen and oxygen atoms in total. The van der Waals surface area contributed by atoms with Crippen molar-refractivity contribution in [3.63, 3.8) is 0 Å². The summed E-state index contributed by atoms with van der Waals surface area (Å²) < 4.78 is 16.1. The van der Waals surface area contributed by atoms with Crippen LogP contribution in [-0.2, 0) is 0 Å². The lowest BCUT2D eigenvalue weighted by Crippen LogP contribution is -1.94. The van der Waals surface area contributed by atoms with Crippen molar-refractivity contribution < 1.29 is 4.39 Å². The summed E-state index contributed by atoms with van der Waals surface area (Å²) in [6.45, 7) is 0. The Kier molecular flexibility index (Phi) is 3.16. The Morgan fingerprint density at radius 1 is 1.30 bits per heavy atom. The van der Waals surface area contributed by atoms with Gasteiger partial charge in [0.1, 0.15) is 5.82 Å². The maximum atomic E-state index is 13.6. The molecular weight excluding hydrogens is 341 g/mol. The van der Waals surface area contributed by atoms with Crippen LogP contribution in [-0.4, -0.2) is 9.55 Å². The van der Waals surface area contributed by atoms with Gasteiger partial charge in [-0.15, -0.1) is 0 Å². The van der Waals surface area contributed by atoms with Crippen molar-refractivity contribution in [3.05, 3.63) is 57.0 Å². The molecule has 1 N–H and O–H groups in total. The first kappa shape index (κ1) is 13.0. The molecule has 20 heavy (non-hydrogen) atoms. The third-order valence-electron chi connectivity index (χ3n) is 2.96. The molecular formula is C14H7BrFN3S. The van der Waals surface area contributed by atoms with Gasteiger partial charge in [-0.1, -0.05) is 6.07 Å². The van der Waals surface area contributed by atoms with E-state index < -0.39 is 0 Å². The van der Waals surface area contributed by atoms with Crippen molar-refractivity contribution in [2.45, 2.75) is 0 Å². The summed E-state index contributed by atoms with van der Waals surface area (Å²) in [5.74, 6) is -0.355. The van der Waals surface area contributed by atoms with E-state index in [1.807, 2.05) is 6.07 Å². The third kappa shape index (κ3) is 2.05. The SMILES string of the molecule is N#Cc1cccc(-n2c(=S)[nH]c3cc(F)c(Br)cc32)c1. The molecule has 0 bridgehead atoms. The molecule has 0 aliphatic heterocycles. The van der Waals surface area contributed by atoms with Gasteiger partial charge < -0.3 is 4.98 Å². The fourth-order valence-electron chi connectivity index (χ4n) is 2.07. The molecule has 0 atom stereocenters. The summed E-state index contributed by atoms with van der Waals surface area (Å²) in [6, 6.07) is 12.2. The predicted molar refractivity (Wildman–Crippen MR) is 80.8 cm³/mol. The molecule has 6 heteroatoms. The van der Waals surface area contributed by atoms with E-state index in [1.54, 1.807) is 28.8 Å². The van der Waals surface area contributed by atoms with Gasteiger partial charge in [0.15, 0.2) is 4.77 Å². The minimum absolute atomic E-state index is 0.355. The van der Waals surface area contributed by atoms with Crippen LogP contribution in [0, 0.1) is 21.9 Å². The lowest BCUT2D eigenvalue weighted by Gasteiger charge is -2.05. The van der Waals surface area contributed by atoms with Gasteiger partial charge in [0.25, 0.3) is 0 Å². The second-order valence-corrected chi connectivity index (χ2v) is 5.45. The number of H-pyrrole nitrogens is 1. The third-order valence-corrected chi connectivity index (χ3v) is 3.85. The number of nitriles is 1. The largest absolute Gasteiger partial charge is 0.330 e. The summed E-state index contributed by atoms with van der Waals surface area (Å²) in [5, 5.41) is 8.97. The average molecular weight is 348 g/mol. The lowest BCUT2D eigenvalue weighted by atomic mass is 10.2. The van der Waals surface area contributed by atoms with Crippen LogP contribution in [0.4, 0.5) is 4.39 Å². The van der Waals surface area contributed by atoms with Gasteiger partial charge in [-0.2, -0.15) is 5.26 Å². The van der Waals surface area contributed by atoms with E-state index in [0.717, 1.165) is 11.2 Å².